The molecule has 0 saturated heterocycles. The van der Waals surface area contributed by atoms with Gasteiger partial charge < -0.3 is 5.73 Å². The van der Waals surface area contributed by atoms with Crippen molar-refractivity contribution in [1.82, 2.24) is 0 Å². The zero-order chi connectivity index (χ0) is 7.35. The molecule has 1 nitrogen and oxygen atoms in total. The number of hydrogen-bond donors (Lipinski definition) is 1. The van der Waals surface area contributed by atoms with Gasteiger partial charge in [-0.1, -0.05) is 13.8 Å². The summed E-state index contributed by atoms with van der Waals surface area (Å²) in [5.41, 5.74) is 6.57. The van der Waals surface area contributed by atoms with E-state index in [1.165, 1.54) is 19.3 Å². The van der Waals surface area contributed by atoms with Crippen molar-refractivity contribution in [1.29, 1.82) is 0 Å². The summed E-state index contributed by atoms with van der Waals surface area (Å²) in [6.45, 7) is 4.76. The van der Waals surface area contributed by atoms with Crippen LogP contribution in [0.25, 0.3) is 0 Å². The van der Waals surface area contributed by atoms with Crippen LogP contribution in [-0.2, 0) is 0 Å². The fourth-order valence-corrected chi connectivity index (χ4v) is 2.87. The van der Waals surface area contributed by atoms with Crippen LogP contribution in [0, 0.1) is 17.3 Å². The maximum Gasteiger partial charge on any atom is 0.00725 e. The average Bonchev–Trinajstić information content (AvgIpc) is 1.87. The fraction of sp³-hybridized carbons (Fsp3) is 1.00. The Labute approximate surface area is 75.1 Å². The molecule has 2 bridgehead atoms. The van der Waals surface area contributed by atoms with E-state index >= 15 is 0 Å². The van der Waals surface area contributed by atoms with Crippen molar-refractivity contribution in [3.63, 3.8) is 0 Å². The van der Waals surface area contributed by atoms with Gasteiger partial charge >= 0.3 is 0 Å². The number of halogens is 1. The molecule has 0 aromatic rings. The smallest absolute Gasteiger partial charge is 0.00725 e. The van der Waals surface area contributed by atoms with Gasteiger partial charge in [0, 0.05) is 6.04 Å². The quantitative estimate of drug-likeness (QED) is 0.600. The van der Waals surface area contributed by atoms with Crippen LogP contribution in [0.3, 0.4) is 0 Å². The highest BCUT2D eigenvalue weighted by atomic mass is 35.5. The van der Waals surface area contributed by atoms with Crippen LogP contribution in [-0.4, -0.2) is 6.04 Å². The van der Waals surface area contributed by atoms with E-state index in [4.69, 9.17) is 5.73 Å². The molecule has 0 spiro atoms. The second-order valence-electron chi connectivity index (χ2n) is 4.60. The van der Waals surface area contributed by atoms with Crippen molar-refractivity contribution in [2.24, 2.45) is 23.0 Å². The number of rotatable bonds is 0. The Morgan fingerprint density at radius 2 is 1.91 bits per heavy atom. The largest absolute Gasteiger partial charge is 0.327 e. The van der Waals surface area contributed by atoms with Crippen LogP contribution in [0.1, 0.15) is 33.1 Å². The maximum absolute atomic E-state index is 5.99. The van der Waals surface area contributed by atoms with Gasteiger partial charge in [-0.05, 0) is 36.5 Å². The molecule has 11 heavy (non-hydrogen) atoms. The summed E-state index contributed by atoms with van der Waals surface area (Å²) in [5.74, 6) is 1.84. The molecule has 0 radical (unpaired) electrons. The Morgan fingerprint density at radius 3 is 2.18 bits per heavy atom. The first-order valence-electron chi connectivity index (χ1n) is 4.38. The zero-order valence-corrected chi connectivity index (χ0v) is 8.16. The van der Waals surface area contributed by atoms with Crippen LogP contribution in [0.5, 0.6) is 0 Å². The second-order valence-corrected chi connectivity index (χ2v) is 4.60. The highest BCUT2D eigenvalue weighted by Gasteiger charge is 2.53. The maximum atomic E-state index is 5.99. The van der Waals surface area contributed by atoms with Crippen molar-refractivity contribution in [2.75, 3.05) is 0 Å². The molecule has 0 unspecified atom stereocenters. The van der Waals surface area contributed by atoms with E-state index in [0.29, 0.717) is 11.5 Å². The van der Waals surface area contributed by atoms with Crippen LogP contribution < -0.4 is 5.73 Å². The first-order chi connectivity index (χ1) is 4.62. The molecule has 3 aliphatic rings. The molecule has 2 heteroatoms. The molecular weight excluding hydrogens is 158 g/mol. The lowest BCUT2D eigenvalue weighted by atomic mass is 9.47. The fourth-order valence-electron chi connectivity index (χ4n) is 2.87. The minimum absolute atomic E-state index is 0. The summed E-state index contributed by atoms with van der Waals surface area (Å²) < 4.78 is 0. The molecule has 66 valence electrons. The Bertz CT molecular complexity index is 154. The Morgan fingerprint density at radius 1 is 1.27 bits per heavy atom. The van der Waals surface area contributed by atoms with E-state index in [1.54, 1.807) is 0 Å². The molecule has 0 heterocycles. The summed E-state index contributed by atoms with van der Waals surface area (Å²) in [6, 6.07) is 0.514. The summed E-state index contributed by atoms with van der Waals surface area (Å²) >= 11 is 0. The van der Waals surface area contributed by atoms with Gasteiger partial charge in [-0.2, -0.15) is 0 Å². The Balaban J connectivity index is 0.000000605. The Kier molecular flexibility index (Phi) is 2.24. The van der Waals surface area contributed by atoms with E-state index in [1.807, 2.05) is 0 Å². The van der Waals surface area contributed by atoms with Crippen molar-refractivity contribution >= 4 is 12.4 Å². The predicted molar refractivity (Wildman–Crippen MR) is 49.8 cm³/mol. The molecule has 3 saturated carbocycles. The molecule has 0 aliphatic heterocycles. The van der Waals surface area contributed by atoms with Gasteiger partial charge in [-0.15, -0.1) is 12.4 Å². The Hall–Kier alpha value is 0.250. The van der Waals surface area contributed by atoms with Crippen molar-refractivity contribution in [2.45, 2.75) is 39.2 Å². The van der Waals surface area contributed by atoms with Crippen molar-refractivity contribution in [3.8, 4) is 0 Å². The number of nitrogens with two attached hydrogens (primary N) is 1. The molecular formula is C9H18ClN. The van der Waals surface area contributed by atoms with Crippen molar-refractivity contribution < 1.29 is 0 Å². The van der Waals surface area contributed by atoms with Crippen LogP contribution in [0.4, 0.5) is 0 Å². The third-order valence-electron chi connectivity index (χ3n) is 3.91. The average molecular weight is 176 g/mol. The summed E-state index contributed by atoms with van der Waals surface area (Å²) in [6.07, 6.45) is 4.07. The van der Waals surface area contributed by atoms with Gasteiger partial charge in [0.1, 0.15) is 0 Å². The molecule has 0 amide bonds. The minimum Gasteiger partial charge on any atom is -0.327 e. The predicted octanol–water partition coefficient (Wildman–Crippen LogP) is 2.19. The number of fused-ring (bicyclic) bond motifs is 2. The van der Waals surface area contributed by atoms with Gasteiger partial charge in [0.2, 0.25) is 0 Å². The summed E-state index contributed by atoms with van der Waals surface area (Å²) in [7, 11) is 0. The normalized spacial score (nSPS) is 45.5. The number of hydrogen-bond acceptors (Lipinski definition) is 1. The first-order valence-corrected chi connectivity index (χ1v) is 4.38. The first kappa shape index (κ1) is 9.34. The van der Waals surface area contributed by atoms with E-state index < -0.39 is 0 Å². The molecule has 0 aromatic carbocycles. The second kappa shape index (κ2) is 2.63. The van der Waals surface area contributed by atoms with E-state index in [-0.39, 0.29) is 12.4 Å². The van der Waals surface area contributed by atoms with Gasteiger partial charge in [0.15, 0.2) is 0 Å². The van der Waals surface area contributed by atoms with Gasteiger partial charge in [0.05, 0.1) is 0 Å². The molecule has 3 atom stereocenters. The van der Waals surface area contributed by atoms with E-state index in [0.717, 1.165) is 11.8 Å². The highest BCUT2D eigenvalue weighted by Crippen LogP contribution is 2.58. The monoisotopic (exact) mass is 175 g/mol. The minimum atomic E-state index is 0. The molecule has 3 aliphatic carbocycles. The standard InChI is InChI=1S/C9H17N.ClH/c1-9(2)6-3-4-8(10)7(9)5-6;/h6-8H,3-5,10H2,1-2H3;1H/t6-,7-,8+;/m0./s1. The lowest BCUT2D eigenvalue weighted by molar-refractivity contribution is -0.0777. The lowest BCUT2D eigenvalue weighted by Gasteiger charge is -2.59. The topological polar surface area (TPSA) is 26.0 Å². The zero-order valence-electron chi connectivity index (χ0n) is 7.34. The van der Waals surface area contributed by atoms with E-state index in [9.17, 15) is 0 Å². The van der Waals surface area contributed by atoms with Gasteiger partial charge in [0.25, 0.3) is 0 Å². The molecule has 3 fully saturated rings. The van der Waals surface area contributed by atoms with Crippen molar-refractivity contribution in [3.05, 3.63) is 0 Å². The van der Waals surface area contributed by atoms with Gasteiger partial charge in [-0.25, -0.2) is 0 Å². The van der Waals surface area contributed by atoms with E-state index in [2.05, 4.69) is 13.8 Å². The molecule has 3 rings (SSSR count). The lowest BCUT2D eigenvalue weighted by Crippen LogP contribution is -2.57. The van der Waals surface area contributed by atoms with Crippen LogP contribution in [0.2, 0.25) is 0 Å². The molecule has 0 aromatic heterocycles. The van der Waals surface area contributed by atoms with Crippen LogP contribution >= 0.6 is 12.4 Å². The van der Waals surface area contributed by atoms with Crippen LogP contribution in [0.15, 0.2) is 0 Å². The summed E-state index contributed by atoms with van der Waals surface area (Å²) in [4.78, 5) is 0. The van der Waals surface area contributed by atoms with Gasteiger partial charge in [-0.3, -0.25) is 0 Å². The molecule has 2 N–H and O–H groups in total. The highest BCUT2D eigenvalue weighted by molar-refractivity contribution is 5.85. The third kappa shape index (κ3) is 1.09. The summed E-state index contributed by atoms with van der Waals surface area (Å²) in [5, 5.41) is 0. The SMILES string of the molecule is CC1(C)[C@H]2CC[C@@H](N)[C@@H]1C2.Cl. The third-order valence-corrected chi connectivity index (χ3v) is 3.91.